The average molecular weight is 315 g/mol. The first-order valence-corrected chi connectivity index (χ1v) is 7.38. The summed E-state index contributed by atoms with van der Waals surface area (Å²) in [7, 11) is 1.58. The van der Waals surface area contributed by atoms with Gasteiger partial charge in [-0.3, -0.25) is 0 Å². The van der Waals surface area contributed by atoms with Gasteiger partial charge in [0, 0.05) is 36.9 Å². The third-order valence-corrected chi connectivity index (χ3v) is 3.50. The van der Waals surface area contributed by atoms with Crippen LogP contribution < -0.4 is 10.6 Å². The first kappa shape index (κ1) is 17.8. The first-order valence-electron chi connectivity index (χ1n) is 7.01. The standard InChI is InChI=1S/C15H23ClN2O3/c1-11(6-5-9-19)18-15(20)17-10-14(21-2)12-7-3-4-8-13(12)16/h3-4,7-8,11,14,19H,5-6,9-10H2,1-2H3,(H2,17,18,20). The Balaban J connectivity index is 2.45. The van der Waals surface area contributed by atoms with Crippen LogP contribution in [-0.2, 0) is 4.74 Å². The lowest BCUT2D eigenvalue weighted by Crippen LogP contribution is -2.42. The molecule has 0 radical (unpaired) electrons. The van der Waals surface area contributed by atoms with Crippen LogP contribution >= 0.6 is 11.6 Å². The van der Waals surface area contributed by atoms with Crippen molar-refractivity contribution in [3.63, 3.8) is 0 Å². The number of ether oxygens (including phenoxy) is 1. The molecule has 0 aliphatic rings. The van der Waals surface area contributed by atoms with Crippen LogP contribution in [0, 0.1) is 0 Å². The molecule has 2 amide bonds. The predicted octanol–water partition coefficient (Wildman–Crippen LogP) is 2.49. The van der Waals surface area contributed by atoms with Crippen molar-refractivity contribution in [3.8, 4) is 0 Å². The van der Waals surface area contributed by atoms with Crippen molar-refractivity contribution in [3.05, 3.63) is 34.9 Å². The third-order valence-electron chi connectivity index (χ3n) is 3.16. The van der Waals surface area contributed by atoms with Crippen molar-refractivity contribution in [1.82, 2.24) is 10.6 Å². The molecule has 1 aromatic rings. The summed E-state index contributed by atoms with van der Waals surface area (Å²) in [6.07, 6.45) is 1.11. The second-order valence-electron chi connectivity index (χ2n) is 4.87. The van der Waals surface area contributed by atoms with Crippen LogP contribution in [0.25, 0.3) is 0 Å². The number of aliphatic hydroxyl groups excluding tert-OH is 1. The fourth-order valence-corrected chi connectivity index (χ4v) is 2.24. The molecule has 6 heteroatoms. The van der Waals surface area contributed by atoms with Gasteiger partial charge in [-0.25, -0.2) is 4.79 Å². The van der Waals surface area contributed by atoms with Crippen LogP contribution in [-0.4, -0.2) is 37.4 Å². The number of aliphatic hydroxyl groups is 1. The molecule has 2 atom stereocenters. The van der Waals surface area contributed by atoms with E-state index in [1.54, 1.807) is 13.2 Å². The smallest absolute Gasteiger partial charge is 0.315 e. The maximum atomic E-state index is 11.8. The van der Waals surface area contributed by atoms with Gasteiger partial charge in [-0.1, -0.05) is 29.8 Å². The van der Waals surface area contributed by atoms with Crippen LogP contribution in [0.2, 0.25) is 5.02 Å². The second kappa shape index (κ2) is 9.60. The van der Waals surface area contributed by atoms with E-state index in [-0.39, 0.29) is 24.8 Å². The Morgan fingerprint density at radius 3 is 2.76 bits per heavy atom. The second-order valence-corrected chi connectivity index (χ2v) is 5.27. The highest BCUT2D eigenvalue weighted by atomic mass is 35.5. The maximum Gasteiger partial charge on any atom is 0.315 e. The van der Waals surface area contributed by atoms with Crippen molar-refractivity contribution in [1.29, 1.82) is 0 Å². The van der Waals surface area contributed by atoms with E-state index >= 15 is 0 Å². The van der Waals surface area contributed by atoms with Gasteiger partial charge in [0.05, 0.1) is 0 Å². The number of hydrogen-bond acceptors (Lipinski definition) is 3. The molecular weight excluding hydrogens is 292 g/mol. The third kappa shape index (κ3) is 6.33. The summed E-state index contributed by atoms with van der Waals surface area (Å²) in [6.45, 7) is 2.36. The molecule has 0 aliphatic heterocycles. The van der Waals surface area contributed by atoms with Gasteiger partial charge >= 0.3 is 6.03 Å². The number of rotatable bonds is 8. The van der Waals surface area contributed by atoms with E-state index in [9.17, 15) is 4.79 Å². The van der Waals surface area contributed by atoms with E-state index < -0.39 is 0 Å². The minimum Gasteiger partial charge on any atom is -0.396 e. The molecular formula is C15H23ClN2O3. The number of hydrogen-bond donors (Lipinski definition) is 3. The van der Waals surface area contributed by atoms with Crippen LogP contribution in [0.4, 0.5) is 4.79 Å². The van der Waals surface area contributed by atoms with E-state index in [1.807, 2.05) is 25.1 Å². The highest BCUT2D eigenvalue weighted by molar-refractivity contribution is 6.31. The normalized spacial score (nSPS) is 13.5. The largest absolute Gasteiger partial charge is 0.396 e. The van der Waals surface area contributed by atoms with Crippen molar-refractivity contribution in [2.45, 2.75) is 31.9 Å². The number of carbonyl (C=O) groups excluding carboxylic acids is 1. The monoisotopic (exact) mass is 314 g/mol. The highest BCUT2D eigenvalue weighted by Crippen LogP contribution is 2.24. The molecule has 118 valence electrons. The van der Waals surface area contributed by atoms with Crippen molar-refractivity contribution in [2.75, 3.05) is 20.3 Å². The minimum absolute atomic E-state index is 0.0125. The molecule has 1 rings (SSSR count). The van der Waals surface area contributed by atoms with Gasteiger partial charge in [-0.05, 0) is 25.8 Å². The fourth-order valence-electron chi connectivity index (χ4n) is 1.99. The SMILES string of the molecule is COC(CNC(=O)NC(C)CCCO)c1ccccc1Cl. The molecule has 2 unspecified atom stereocenters. The average Bonchev–Trinajstić information content (AvgIpc) is 2.47. The van der Waals surface area contributed by atoms with Crippen molar-refractivity contribution >= 4 is 17.6 Å². The molecule has 0 fully saturated rings. The molecule has 3 N–H and O–H groups in total. The summed E-state index contributed by atoms with van der Waals surface area (Å²) in [5.74, 6) is 0. The zero-order valence-electron chi connectivity index (χ0n) is 12.4. The van der Waals surface area contributed by atoms with Crippen LogP contribution in [0.3, 0.4) is 0 Å². The van der Waals surface area contributed by atoms with Gasteiger partial charge in [0.1, 0.15) is 6.10 Å². The van der Waals surface area contributed by atoms with Crippen LogP contribution in [0.1, 0.15) is 31.4 Å². The number of amides is 2. The molecule has 0 bridgehead atoms. The van der Waals surface area contributed by atoms with E-state index in [1.165, 1.54) is 0 Å². The van der Waals surface area contributed by atoms with Gasteiger partial charge in [0.2, 0.25) is 0 Å². The van der Waals surface area contributed by atoms with E-state index in [0.717, 1.165) is 12.0 Å². The summed E-state index contributed by atoms with van der Waals surface area (Å²) in [5.41, 5.74) is 0.843. The molecule has 21 heavy (non-hydrogen) atoms. The number of urea groups is 1. The van der Waals surface area contributed by atoms with Crippen LogP contribution in [0.5, 0.6) is 0 Å². The maximum absolute atomic E-state index is 11.8. The Hall–Kier alpha value is -1.30. The van der Waals surface area contributed by atoms with Gasteiger partial charge in [-0.15, -0.1) is 0 Å². The fraction of sp³-hybridized carbons (Fsp3) is 0.533. The van der Waals surface area contributed by atoms with Crippen LogP contribution in [0.15, 0.2) is 24.3 Å². The van der Waals surface area contributed by atoms with Gasteiger partial charge in [0.25, 0.3) is 0 Å². The summed E-state index contributed by atoms with van der Waals surface area (Å²) >= 11 is 6.12. The minimum atomic E-state index is -0.294. The van der Waals surface area contributed by atoms with Gasteiger partial charge in [-0.2, -0.15) is 0 Å². The number of nitrogens with one attached hydrogen (secondary N) is 2. The van der Waals surface area contributed by atoms with Gasteiger partial charge in [0.15, 0.2) is 0 Å². The quantitative estimate of drug-likeness (QED) is 0.690. The molecule has 0 heterocycles. The lowest BCUT2D eigenvalue weighted by molar-refractivity contribution is 0.104. The Morgan fingerprint density at radius 1 is 1.43 bits per heavy atom. The summed E-state index contributed by atoms with van der Waals surface area (Å²) in [4.78, 5) is 11.8. The van der Waals surface area contributed by atoms with Crippen molar-refractivity contribution < 1.29 is 14.6 Å². The number of halogens is 1. The number of methoxy groups -OCH3 is 1. The van der Waals surface area contributed by atoms with Gasteiger partial charge < -0.3 is 20.5 Å². The predicted molar refractivity (Wildman–Crippen MR) is 83.5 cm³/mol. The van der Waals surface area contributed by atoms with E-state index in [2.05, 4.69) is 10.6 Å². The van der Waals surface area contributed by atoms with E-state index in [4.69, 9.17) is 21.4 Å². The highest BCUT2D eigenvalue weighted by Gasteiger charge is 2.15. The Morgan fingerprint density at radius 2 is 2.14 bits per heavy atom. The zero-order valence-corrected chi connectivity index (χ0v) is 13.2. The molecule has 0 aromatic heterocycles. The summed E-state index contributed by atoms with van der Waals surface area (Å²) in [6, 6.07) is 7.15. The topological polar surface area (TPSA) is 70.6 Å². The molecule has 0 saturated carbocycles. The molecule has 5 nitrogen and oxygen atoms in total. The Kier molecular flexibility index (Phi) is 8.12. The molecule has 0 aliphatic carbocycles. The zero-order chi connectivity index (χ0) is 15.7. The summed E-state index contributed by atoms with van der Waals surface area (Å²) in [5, 5.41) is 14.9. The number of benzene rings is 1. The molecule has 0 spiro atoms. The van der Waals surface area contributed by atoms with E-state index in [0.29, 0.717) is 18.0 Å². The first-order chi connectivity index (χ1) is 10.1. The lowest BCUT2D eigenvalue weighted by atomic mass is 10.1. The lowest BCUT2D eigenvalue weighted by Gasteiger charge is -2.19. The molecule has 1 aromatic carbocycles. The Labute approximate surface area is 130 Å². The Bertz CT molecular complexity index is 443. The van der Waals surface area contributed by atoms with Crippen molar-refractivity contribution in [2.24, 2.45) is 0 Å². The summed E-state index contributed by atoms with van der Waals surface area (Å²) < 4.78 is 5.38. The number of carbonyl (C=O) groups is 1. The molecule has 0 saturated heterocycles.